The minimum absolute atomic E-state index is 0.106. The Morgan fingerprint density at radius 3 is 2.33 bits per heavy atom. The molecular weight excluding hydrogens is 200 g/mol. The molecule has 0 bridgehead atoms. The summed E-state index contributed by atoms with van der Waals surface area (Å²) in [6, 6.07) is 0. The molecule has 5 nitrogen and oxygen atoms in total. The lowest BCUT2D eigenvalue weighted by molar-refractivity contribution is -0.133. The minimum Gasteiger partial charge on any atom is -0.478 e. The van der Waals surface area contributed by atoms with E-state index in [1.807, 2.05) is 0 Å². The van der Waals surface area contributed by atoms with Crippen LogP contribution in [0.1, 0.15) is 25.7 Å². The lowest BCUT2D eigenvalue weighted by atomic mass is 10.0. The van der Waals surface area contributed by atoms with Crippen LogP contribution in [0.4, 0.5) is 0 Å². The minimum atomic E-state index is -1.21. The number of carbonyl (C=O) groups is 1. The van der Waals surface area contributed by atoms with Crippen molar-refractivity contribution < 1.29 is 25.2 Å². The van der Waals surface area contributed by atoms with Gasteiger partial charge in [-0.25, -0.2) is 4.79 Å². The quantitative estimate of drug-likeness (QED) is 0.337. The van der Waals surface area contributed by atoms with Gasteiger partial charge in [0.25, 0.3) is 0 Å². The Morgan fingerprint density at radius 2 is 1.87 bits per heavy atom. The normalized spacial score (nSPS) is 13.9. The molecule has 1 unspecified atom stereocenters. The van der Waals surface area contributed by atoms with Crippen molar-refractivity contribution in [1.82, 2.24) is 0 Å². The van der Waals surface area contributed by atoms with Crippen molar-refractivity contribution in [3.8, 4) is 0 Å². The zero-order valence-electron chi connectivity index (χ0n) is 8.59. The van der Waals surface area contributed by atoms with Gasteiger partial charge < -0.3 is 20.4 Å². The molecule has 1 atom stereocenters. The molecule has 0 spiro atoms. The van der Waals surface area contributed by atoms with Crippen molar-refractivity contribution in [2.75, 3.05) is 13.2 Å². The van der Waals surface area contributed by atoms with Gasteiger partial charge in [0.05, 0.1) is 18.3 Å². The summed E-state index contributed by atoms with van der Waals surface area (Å²) in [6.07, 6.45) is 2.43. The van der Waals surface area contributed by atoms with Gasteiger partial charge in [0.2, 0.25) is 0 Å². The maximum absolute atomic E-state index is 10.6. The van der Waals surface area contributed by atoms with Gasteiger partial charge in [0, 0.05) is 6.61 Å². The standard InChI is InChI=1S/C10H18O5/c11-6-3-1-2-4-9(13)8(5-7-12)10(14)15/h5,9,11-13H,1-4,6-7H2,(H,14,15). The summed E-state index contributed by atoms with van der Waals surface area (Å²) in [4.78, 5) is 10.6. The van der Waals surface area contributed by atoms with Crippen LogP contribution in [-0.4, -0.2) is 45.7 Å². The van der Waals surface area contributed by atoms with Gasteiger partial charge in [-0.05, 0) is 18.9 Å². The molecule has 0 heterocycles. The molecule has 0 saturated carbocycles. The fourth-order valence-electron chi connectivity index (χ4n) is 1.25. The predicted molar refractivity (Wildman–Crippen MR) is 54.4 cm³/mol. The molecule has 0 aromatic rings. The van der Waals surface area contributed by atoms with Crippen LogP contribution in [0.2, 0.25) is 0 Å². The summed E-state index contributed by atoms with van der Waals surface area (Å²) in [5, 5.41) is 35.3. The Labute approximate surface area is 88.7 Å². The first kappa shape index (κ1) is 14.1. The third kappa shape index (κ3) is 6.22. The summed E-state index contributed by atoms with van der Waals surface area (Å²) >= 11 is 0. The van der Waals surface area contributed by atoms with E-state index in [-0.39, 0.29) is 12.2 Å². The summed E-state index contributed by atoms with van der Waals surface area (Å²) in [5.74, 6) is -1.21. The first-order valence-electron chi connectivity index (χ1n) is 4.96. The highest BCUT2D eigenvalue weighted by Gasteiger charge is 2.16. The highest BCUT2D eigenvalue weighted by atomic mass is 16.4. The monoisotopic (exact) mass is 218 g/mol. The number of carboxylic acids is 1. The molecule has 0 aliphatic rings. The Kier molecular flexibility index (Phi) is 7.89. The second kappa shape index (κ2) is 8.40. The van der Waals surface area contributed by atoms with Gasteiger partial charge in [-0.3, -0.25) is 0 Å². The second-order valence-electron chi connectivity index (χ2n) is 3.24. The van der Waals surface area contributed by atoms with Crippen LogP contribution in [0.15, 0.2) is 11.6 Å². The summed E-state index contributed by atoms with van der Waals surface area (Å²) in [5.41, 5.74) is -0.165. The molecule has 0 amide bonds. The number of rotatable bonds is 8. The molecule has 4 N–H and O–H groups in total. The van der Waals surface area contributed by atoms with Crippen molar-refractivity contribution in [1.29, 1.82) is 0 Å². The largest absolute Gasteiger partial charge is 0.478 e. The SMILES string of the molecule is O=C(O)C(=CCO)C(O)CCCCCO. The van der Waals surface area contributed by atoms with Crippen LogP contribution < -0.4 is 0 Å². The lowest BCUT2D eigenvalue weighted by Crippen LogP contribution is -2.18. The van der Waals surface area contributed by atoms with E-state index in [1.165, 1.54) is 0 Å². The number of hydrogen-bond acceptors (Lipinski definition) is 4. The van der Waals surface area contributed by atoms with E-state index in [9.17, 15) is 9.90 Å². The lowest BCUT2D eigenvalue weighted by Gasteiger charge is -2.10. The van der Waals surface area contributed by atoms with E-state index in [0.717, 1.165) is 12.5 Å². The molecule has 5 heteroatoms. The predicted octanol–water partition coefficient (Wildman–Crippen LogP) is -0.0967. The van der Waals surface area contributed by atoms with Crippen molar-refractivity contribution in [2.45, 2.75) is 31.8 Å². The van der Waals surface area contributed by atoms with Crippen molar-refractivity contribution >= 4 is 5.97 Å². The van der Waals surface area contributed by atoms with Crippen LogP contribution >= 0.6 is 0 Å². The first-order chi connectivity index (χ1) is 7.13. The molecule has 0 saturated heterocycles. The maximum atomic E-state index is 10.6. The molecule has 0 aliphatic heterocycles. The highest BCUT2D eigenvalue weighted by molar-refractivity contribution is 5.87. The second-order valence-corrected chi connectivity index (χ2v) is 3.24. The fraction of sp³-hybridized carbons (Fsp3) is 0.700. The van der Waals surface area contributed by atoms with Gasteiger partial charge in [0.1, 0.15) is 0 Å². The molecule has 0 aliphatic carbocycles. The third-order valence-electron chi connectivity index (χ3n) is 2.05. The van der Waals surface area contributed by atoms with E-state index in [2.05, 4.69) is 0 Å². The van der Waals surface area contributed by atoms with Crippen LogP contribution in [-0.2, 0) is 4.79 Å². The summed E-state index contributed by atoms with van der Waals surface area (Å²) in [6.45, 7) is -0.288. The van der Waals surface area contributed by atoms with E-state index in [0.29, 0.717) is 19.3 Å². The number of unbranched alkanes of at least 4 members (excludes halogenated alkanes) is 2. The molecule has 15 heavy (non-hydrogen) atoms. The van der Waals surface area contributed by atoms with Crippen molar-refractivity contribution in [2.24, 2.45) is 0 Å². The maximum Gasteiger partial charge on any atom is 0.333 e. The number of aliphatic carboxylic acids is 1. The molecule has 0 aromatic heterocycles. The highest BCUT2D eigenvalue weighted by Crippen LogP contribution is 2.11. The van der Waals surface area contributed by atoms with E-state index >= 15 is 0 Å². The summed E-state index contributed by atoms with van der Waals surface area (Å²) < 4.78 is 0. The zero-order valence-corrected chi connectivity index (χ0v) is 8.59. The van der Waals surface area contributed by atoms with Gasteiger partial charge in [-0.2, -0.15) is 0 Å². The molecule has 88 valence electrons. The van der Waals surface area contributed by atoms with Crippen molar-refractivity contribution in [3.05, 3.63) is 11.6 Å². The van der Waals surface area contributed by atoms with Crippen LogP contribution in [0.25, 0.3) is 0 Å². The average molecular weight is 218 g/mol. The van der Waals surface area contributed by atoms with E-state index in [1.54, 1.807) is 0 Å². The topological polar surface area (TPSA) is 98.0 Å². The number of aliphatic hydroxyl groups is 3. The average Bonchev–Trinajstić information content (AvgIpc) is 2.20. The van der Waals surface area contributed by atoms with Gasteiger partial charge in [-0.15, -0.1) is 0 Å². The Morgan fingerprint density at radius 1 is 1.20 bits per heavy atom. The molecule has 0 radical (unpaired) electrons. The van der Waals surface area contributed by atoms with E-state index < -0.39 is 18.7 Å². The smallest absolute Gasteiger partial charge is 0.333 e. The molecule has 0 rings (SSSR count). The molecule has 0 fully saturated rings. The fourth-order valence-corrected chi connectivity index (χ4v) is 1.25. The van der Waals surface area contributed by atoms with Gasteiger partial charge in [0.15, 0.2) is 0 Å². The van der Waals surface area contributed by atoms with Gasteiger partial charge in [-0.1, -0.05) is 12.8 Å². The van der Waals surface area contributed by atoms with Crippen LogP contribution in [0.3, 0.4) is 0 Å². The van der Waals surface area contributed by atoms with Crippen LogP contribution in [0, 0.1) is 0 Å². The Hall–Kier alpha value is -0.910. The number of aliphatic hydroxyl groups excluding tert-OH is 3. The van der Waals surface area contributed by atoms with Crippen LogP contribution in [0.5, 0.6) is 0 Å². The van der Waals surface area contributed by atoms with Crippen molar-refractivity contribution in [3.63, 3.8) is 0 Å². The Balaban J connectivity index is 3.99. The first-order valence-corrected chi connectivity index (χ1v) is 4.96. The Bertz CT molecular complexity index is 212. The summed E-state index contributed by atoms with van der Waals surface area (Å²) in [7, 11) is 0. The third-order valence-corrected chi connectivity index (χ3v) is 2.05. The zero-order chi connectivity index (χ0) is 11.7. The van der Waals surface area contributed by atoms with E-state index in [4.69, 9.17) is 15.3 Å². The van der Waals surface area contributed by atoms with Gasteiger partial charge >= 0.3 is 5.97 Å². The molecular formula is C10H18O5. The molecule has 0 aromatic carbocycles. The number of carboxylic acid groups (broad SMARTS) is 1. The number of hydrogen-bond donors (Lipinski definition) is 4.